The number of aliphatic hydroxyl groups excluding tert-OH is 1. The minimum Gasteiger partial charge on any atom is -0.481 e. The fraction of sp³-hybridized carbons (Fsp3) is 0.714. The largest absolute Gasteiger partial charge is 0.481 e. The molecule has 64 valence electrons. The molecule has 1 unspecified atom stereocenters. The summed E-state index contributed by atoms with van der Waals surface area (Å²) in [6.45, 7) is 1.73. The second-order valence-corrected chi connectivity index (χ2v) is 2.38. The number of Topliss-reactive ketones (excluding diaryl/α,β-unsaturated/α-hetero) is 1. The third-order valence-corrected chi connectivity index (χ3v) is 1.28. The summed E-state index contributed by atoms with van der Waals surface area (Å²) in [5.74, 6) is -1.56. The van der Waals surface area contributed by atoms with Crippen molar-refractivity contribution in [2.24, 2.45) is 0 Å². The van der Waals surface area contributed by atoms with Crippen LogP contribution in [0.25, 0.3) is 0 Å². The molecule has 0 aromatic carbocycles. The van der Waals surface area contributed by atoms with Crippen molar-refractivity contribution in [1.29, 1.82) is 0 Å². The van der Waals surface area contributed by atoms with E-state index in [2.05, 4.69) is 0 Å². The van der Waals surface area contributed by atoms with Crippen molar-refractivity contribution in [2.45, 2.75) is 32.3 Å². The number of carboxylic acid groups (broad SMARTS) is 1. The molecule has 0 saturated heterocycles. The van der Waals surface area contributed by atoms with Crippen LogP contribution in [0.3, 0.4) is 0 Å². The van der Waals surface area contributed by atoms with Crippen LogP contribution in [0.5, 0.6) is 0 Å². The first kappa shape index (κ1) is 10.1. The molecule has 2 N–H and O–H groups in total. The van der Waals surface area contributed by atoms with Crippen molar-refractivity contribution in [3.8, 4) is 0 Å². The number of carbonyl (C=O) groups excluding carboxylic acids is 1. The molecule has 0 aliphatic carbocycles. The zero-order valence-electron chi connectivity index (χ0n) is 6.41. The van der Waals surface area contributed by atoms with E-state index >= 15 is 0 Å². The summed E-state index contributed by atoms with van der Waals surface area (Å²) in [5, 5.41) is 17.1. The quantitative estimate of drug-likeness (QED) is 0.563. The third-order valence-electron chi connectivity index (χ3n) is 1.28. The highest BCUT2D eigenvalue weighted by Gasteiger charge is 2.11. The Balaban J connectivity index is 3.60. The fourth-order valence-electron chi connectivity index (χ4n) is 0.648. The van der Waals surface area contributed by atoms with Crippen molar-refractivity contribution in [2.75, 3.05) is 0 Å². The van der Waals surface area contributed by atoms with E-state index in [9.17, 15) is 9.59 Å². The maximum absolute atomic E-state index is 10.7. The number of carboxylic acids is 1. The molecular formula is C7H12O4. The predicted octanol–water partition coefficient (Wildman–Crippen LogP) is 0.191. The first-order valence-corrected chi connectivity index (χ1v) is 3.47. The molecule has 0 amide bonds. The molecule has 0 saturated carbocycles. The number of hydrogen-bond donors (Lipinski definition) is 2. The van der Waals surface area contributed by atoms with Gasteiger partial charge >= 0.3 is 5.97 Å². The molecule has 0 aromatic rings. The molecule has 0 aromatic heterocycles. The molecule has 0 radical (unpaired) electrons. The molecule has 0 aliphatic heterocycles. The monoisotopic (exact) mass is 160 g/mol. The first-order chi connectivity index (χ1) is 5.06. The standard InChI is InChI=1S/C7H12O4/c1-2-5(8)3-6(9)4-7(10)11/h5,8H,2-4H2,1H3,(H,10,11). The van der Waals surface area contributed by atoms with Crippen LogP contribution in [-0.4, -0.2) is 28.1 Å². The van der Waals surface area contributed by atoms with Crippen LogP contribution in [0.4, 0.5) is 0 Å². The lowest BCUT2D eigenvalue weighted by atomic mass is 10.1. The summed E-state index contributed by atoms with van der Waals surface area (Å²) in [6.07, 6.45) is -0.757. The van der Waals surface area contributed by atoms with E-state index in [0.717, 1.165) is 0 Å². The van der Waals surface area contributed by atoms with Crippen molar-refractivity contribution >= 4 is 11.8 Å². The van der Waals surface area contributed by atoms with Crippen LogP contribution in [-0.2, 0) is 9.59 Å². The second kappa shape index (κ2) is 4.85. The van der Waals surface area contributed by atoms with Crippen molar-refractivity contribution in [1.82, 2.24) is 0 Å². The van der Waals surface area contributed by atoms with Crippen LogP contribution in [0, 0.1) is 0 Å². The summed E-state index contributed by atoms with van der Waals surface area (Å²) < 4.78 is 0. The van der Waals surface area contributed by atoms with E-state index in [1.165, 1.54) is 0 Å². The van der Waals surface area contributed by atoms with E-state index < -0.39 is 24.3 Å². The van der Waals surface area contributed by atoms with Gasteiger partial charge in [-0.15, -0.1) is 0 Å². The molecule has 0 heterocycles. The van der Waals surface area contributed by atoms with Crippen LogP contribution in [0.15, 0.2) is 0 Å². The molecule has 4 nitrogen and oxygen atoms in total. The Morgan fingerprint density at radius 1 is 1.45 bits per heavy atom. The zero-order chi connectivity index (χ0) is 8.85. The number of ketones is 1. The average Bonchev–Trinajstić information content (AvgIpc) is 1.85. The topological polar surface area (TPSA) is 74.6 Å². The normalized spacial score (nSPS) is 12.5. The van der Waals surface area contributed by atoms with Gasteiger partial charge in [0.05, 0.1) is 6.10 Å². The van der Waals surface area contributed by atoms with Gasteiger partial charge in [-0.3, -0.25) is 9.59 Å². The lowest BCUT2D eigenvalue weighted by molar-refractivity contribution is -0.140. The van der Waals surface area contributed by atoms with Gasteiger partial charge in [0.25, 0.3) is 0 Å². The second-order valence-electron chi connectivity index (χ2n) is 2.38. The zero-order valence-corrected chi connectivity index (χ0v) is 6.41. The maximum atomic E-state index is 10.7. The lowest BCUT2D eigenvalue weighted by Crippen LogP contribution is -2.15. The van der Waals surface area contributed by atoms with Crippen LogP contribution < -0.4 is 0 Å². The number of hydrogen-bond acceptors (Lipinski definition) is 3. The Labute approximate surface area is 64.8 Å². The Hall–Kier alpha value is -0.900. The van der Waals surface area contributed by atoms with E-state index in [1.807, 2.05) is 0 Å². The molecule has 0 bridgehead atoms. The smallest absolute Gasteiger partial charge is 0.310 e. The fourth-order valence-corrected chi connectivity index (χ4v) is 0.648. The minimum absolute atomic E-state index is 0.0528. The lowest BCUT2D eigenvalue weighted by Gasteiger charge is -2.03. The van der Waals surface area contributed by atoms with Crippen LogP contribution >= 0.6 is 0 Å². The van der Waals surface area contributed by atoms with Crippen molar-refractivity contribution in [3.05, 3.63) is 0 Å². The van der Waals surface area contributed by atoms with Gasteiger partial charge in [-0.25, -0.2) is 0 Å². The molecule has 0 fully saturated rings. The Kier molecular flexibility index (Phi) is 4.45. The van der Waals surface area contributed by atoms with E-state index in [1.54, 1.807) is 6.92 Å². The van der Waals surface area contributed by atoms with Gasteiger partial charge in [-0.05, 0) is 6.42 Å². The van der Waals surface area contributed by atoms with Gasteiger partial charge in [0.1, 0.15) is 12.2 Å². The van der Waals surface area contributed by atoms with Crippen molar-refractivity contribution < 1.29 is 19.8 Å². The number of aliphatic carboxylic acids is 1. The molecule has 0 rings (SSSR count). The third kappa shape index (κ3) is 5.54. The molecule has 4 heteroatoms. The molecule has 0 spiro atoms. The number of carbonyl (C=O) groups is 2. The number of aliphatic hydroxyl groups is 1. The van der Waals surface area contributed by atoms with Gasteiger partial charge in [0.2, 0.25) is 0 Å². The Bertz CT molecular complexity index is 153. The maximum Gasteiger partial charge on any atom is 0.310 e. The van der Waals surface area contributed by atoms with Gasteiger partial charge < -0.3 is 10.2 Å². The molecule has 0 aliphatic rings. The van der Waals surface area contributed by atoms with Gasteiger partial charge in [-0.2, -0.15) is 0 Å². The van der Waals surface area contributed by atoms with Crippen LogP contribution in [0.2, 0.25) is 0 Å². The highest BCUT2D eigenvalue weighted by Crippen LogP contribution is 1.99. The highest BCUT2D eigenvalue weighted by molar-refractivity contribution is 5.94. The molecule has 1 atom stereocenters. The summed E-state index contributed by atoms with van der Waals surface area (Å²) in [4.78, 5) is 20.7. The molecule has 11 heavy (non-hydrogen) atoms. The highest BCUT2D eigenvalue weighted by atomic mass is 16.4. The van der Waals surface area contributed by atoms with Crippen molar-refractivity contribution in [3.63, 3.8) is 0 Å². The summed E-state index contributed by atoms with van der Waals surface area (Å²) in [6, 6.07) is 0. The molecular weight excluding hydrogens is 148 g/mol. The SMILES string of the molecule is CCC(O)CC(=O)CC(=O)O. The predicted molar refractivity (Wildman–Crippen MR) is 38.2 cm³/mol. The minimum atomic E-state index is -1.14. The Morgan fingerprint density at radius 3 is 2.36 bits per heavy atom. The summed E-state index contributed by atoms with van der Waals surface area (Å²) >= 11 is 0. The average molecular weight is 160 g/mol. The Morgan fingerprint density at radius 2 is 2.00 bits per heavy atom. The van der Waals surface area contributed by atoms with Gasteiger partial charge in [-0.1, -0.05) is 6.92 Å². The number of rotatable bonds is 5. The summed E-state index contributed by atoms with van der Waals surface area (Å²) in [7, 11) is 0. The van der Waals surface area contributed by atoms with Crippen LogP contribution in [0.1, 0.15) is 26.2 Å². The van der Waals surface area contributed by atoms with E-state index in [-0.39, 0.29) is 6.42 Å². The van der Waals surface area contributed by atoms with E-state index in [4.69, 9.17) is 10.2 Å². The van der Waals surface area contributed by atoms with Gasteiger partial charge in [0, 0.05) is 6.42 Å². The summed E-state index contributed by atoms with van der Waals surface area (Å²) in [5.41, 5.74) is 0. The van der Waals surface area contributed by atoms with Gasteiger partial charge in [0.15, 0.2) is 0 Å². The van der Waals surface area contributed by atoms with E-state index in [0.29, 0.717) is 6.42 Å². The first-order valence-electron chi connectivity index (χ1n) is 3.47.